The molecule has 3 aromatic rings. The van der Waals surface area contributed by atoms with Crippen molar-refractivity contribution in [3.05, 3.63) is 62.3 Å². The average molecular weight is 498 g/mol. The van der Waals surface area contributed by atoms with Crippen molar-refractivity contribution in [2.75, 3.05) is 10.6 Å². The van der Waals surface area contributed by atoms with E-state index in [1.54, 1.807) is 0 Å². The van der Waals surface area contributed by atoms with E-state index in [1.165, 1.54) is 16.2 Å². The van der Waals surface area contributed by atoms with Gasteiger partial charge in [0.1, 0.15) is 4.88 Å². The van der Waals surface area contributed by atoms with Crippen molar-refractivity contribution in [2.45, 2.75) is 51.6 Å². The second-order valence-electron chi connectivity index (χ2n) is 8.57. The van der Waals surface area contributed by atoms with Gasteiger partial charge < -0.3 is 16.8 Å². The number of primary amides is 1. The Balaban J connectivity index is 1.84. The van der Waals surface area contributed by atoms with Crippen molar-refractivity contribution < 1.29 is 14.4 Å². The molecule has 1 fully saturated rings. The molecule has 178 valence electrons. The van der Waals surface area contributed by atoms with E-state index in [9.17, 15) is 14.4 Å². The quantitative estimate of drug-likeness (QED) is 0.455. The summed E-state index contributed by atoms with van der Waals surface area (Å²) in [6.45, 7) is 3.87. The number of carbonyl (C=O) groups is 3. The number of carbonyl (C=O) groups excluding carboxylic acids is 3. The van der Waals surface area contributed by atoms with Crippen molar-refractivity contribution >= 4 is 52.0 Å². The number of nitrogen functional groups attached to an aromatic ring is 1. The van der Waals surface area contributed by atoms with Crippen LogP contribution in [0, 0.1) is 13.8 Å². The SMILES string of the molecule is Cc1cc(C)cc(N(C(=O)c2snc(C(N)=O)c2N)C(C(=O)NC2CCCC2)c2cccs2)c1. The van der Waals surface area contributed by atoms with Gasteiger partial charge in [0.05, 0.1) is 5.69 Å². The predicted molar refractivity (Wildman–Crippen MR) is 135 cm³/mol. The number of hydrogen-bond acceptors (Lipinski definition) is 7. The van der Waals surface area contributed by atoms with Gasteiger partial charge in [-0.1, -0.05) is 25.0 Å². The highest BCUT2D eigenvalue weighted by Gasteiger charge is 2.37. The van der Waals surface area contributed by atoms with E-state index in [4.69, 9.17) is 11.5 Å². The first kappa shape index (κ1) is 23.9. The summed E-state index contributed by atoms with van der Waals surface area (Å²) in [4.78, 5) is 41.7. The van der Waals surface area contributed by atoms with Gasteiger partial charge in [0, 0.05) is 16.6 Å². The molecule has 2 aromatic heterocycles. The van der Waals surface area contributed by atoms with Gasteiger partial charge in [0.2, 0.25) is 5.91 Å². The van der Waals surface area contributed by atoms with Gasteiger partial charge in [-0.05, 0) is 72.9 Å². The Morgan fingerprint density at radius 1 is 1.15 bits per heavy atom. The maximum absolute atomic E-state index is 14.0. The van der Waals surface area contributed by atoms with Crippen molar-refractivity contribution in [1.82, 2.24) is 9.69 Å². The average Bonchev–Trinajstić information content (AvgIpc) is 3.53. The first-order valence-corrected chi connectivity index (χ1v) is 12.7. The molecule has 0 bridgehead atoms. The number of benzene rings is 1. The lowest BCUT2D eigenvalue weighted by molar-refractivity contribution is -0.123. The fraction of sp³-hybridized carbons (Fsp3) is 0.333. The molecule has 10 heteroatoms. The van der Waals surface area contributed by atoms with E-state index in [0.717, 1.165) is 53.2 Å². The van der Waals surface area contributed by atoms with Gasteiger partial charge in [-0.15, -0.1) is 11.3 Å². The minimum atomic E-state index is -0.909. The number of aromatic nitrogens is 1. The second kappa shape index (κ2) is 9.94. The van der Waals surface area contributed by atoms with E-state index < -0.39 is 17.9 Å². The van der Waals surface area contributed by atoms with Gasteiger partial charge >= 0.3 is 0 Å². The fourth-order valence-electron chi connectivity index (χ4n) is 4.38. The molecule has 34 heavy (non-hydrogen) atoms. The zero-order valence-electron chi connectivity index (χ0n) is 19.0. The van der Waals surface area contributed by atoms with E-state index in [-0.39, 0.29) is 28.2 Å². The summed E-state index contributed by atoms with van der Waals surface area (Å²) in [5.41, 5.74) is 13.7. The Morgan fingerprint density at radius 3 is 2.38 bits per heavy atom. The Morgan fingerprint density at radius 2 is 1.82 bits per heavy atom. The fourth-order valence-corrected chi connectivity index (χ4v) is 5.94. The van der Waals surface area contributed by atoms with E-state index >= 15 is 0 Å². The molecular weight excluding hydrogens is 470 g/mol. The minimum Gasteiger partial charge on any atom is -0.395 e. The number of nitrogens with one attached hydrogen (secondary N) is 1. The molecule has 1 unspecified atom stereocenters. The highest BCUT2D eigenvalue weighted by atomic mass is 32.1. The van der Waals surface area contributed by atoms with Gasteiger partial charge in [-0.2, -0.15) is 4.37 Å². The highest BCUT2D eigenvalue weighted by Crippen LogP contribution is 2.36. The Kier molecular flexibility index (Phi) is 6.99. The lowest BCUT2D eigenvalue weighted by Gasteiger charge is -2.31. The number of amides is 3. The van der Waals surface area contributed by atoms with Crippen LogP contribution >= 0.6 is 22.9 Å². The first-order chi connectivity index (χ1) is 16.3. The molecule has 1 aliphatic rings. The smallest absolute Gasteiger partial charge is 0.273 e. The van der Waals surface area contributed by atoms with Gasteiger partial charge in [0.25, 0.3) is 11.8 Å². The monoisotopic (exact) mass is 497 g/mol. The third-order valence-electron chi connectivity index (χ3n) is 5.88. The number of hydrogen-bond donors (Lipinski definition) is 3. The van der Waals surface area contributed by atoms with Crippen LogP contribution in [0.25, 0.3) is 0 Å². The maximum atomic E-state index is 14.0. The molecule has 0 aliphatic heterocycles. The lowest BCUT2D eigenvalue weighted by Crippen LogP contribution is -2.46. The maximum Gasteiger partial charge on any atom is 0.273 e. The Hall–Kier alpha value is -3.24. The van der Waals surface area contributed by atoms with Crippen molar-refractivity contribution in [2.24, 2.45) is 5.73 Å². The second-order valence-corrected chi connectivity index (χ2v) is 10.3. The summed E-state index contributed by atoms with van der Waals surface area (Å²) >= 11 is 2.21. The summed E-state index contributed by atoms with van der Waals surface area (Å²) in [7, 11) is 0. The van der Waals surface area contributed by atoms with E-state index in [0.29, 0.717) is 5.69 Å². The number of rotatable bonds is 7. The number of aryl methyl sites for hydroxylation is 2. The van der Waals surface area contributed by atoms with Gasteiger partial charge in [0.15, 0.2) is 11.7 Å². The lowest BCUT2D eigenvalue weighted by atomic mass is 10.1. The zero-order chi connectivity index (χ0) is 24.4. The molecule has 2 heterocycles. The number of thiophene rings is 1. The van der Waals surface area contributed by atoms with Crippen LogP contribution in [0.5, 0.6) is 0 Å². The molecule has 1 saturated carbocycles. The van der Waals surface area contributed by atoms with Crippen molar-refractivity contribution in [3.63, 3.8) is 0 Å². The van der Waals surface area contributed by atoms with Crippen LogP contribution in [-0.2, 0) is 4.79 Å². The van der Waals surface area contributed by atoms with Crippen LogP contribution in [0.15, 0.2) is 35.7 Å². The summed E-state index contributed by atoms with van der Waals surface area (Å²) < 4.78 is 3.99. The molecule has 0 saturated heterocycles. The minimum absolute atomic E-state index is 0.0713. The zero-order valence-corrected chi connectivity index (χ0v) is 20.7. The molecular formula is C24H27N5O3S2. The third kappa shape index (κ3) is 4.83. The predicted octanol–water partition coefficient (Wildman–Crippen LogP) is 3.95. The van der Waals surface area contributed by atoms with Crippen LogP contribution in [0.4, 0.5) is 11.4 Å². The molecule has 8 nitrogen and oxygen atoms in total. The van der Waals surface area contributed by atoms with Gasteiger partial charge in [-0.25, -0.2) is 0 Å². The first-order valence-electron chi connectivity index (χ1n) is 11.1. The van der Waals surface area contributed by atoms with Crippen LogP contribution in [0.2, 0.25) is 0 Å². The molecule has 3 amide bonds. The molecule has 0 radical (unpaired) electrons. The Bertz CT molecular complexity index is 1200. The molecule has 5 N–H and O–H groups in total. The van der Waals surface area contributed by atoms with E-state index in [1.807, 2.05) is 49.6 Å². The summed E-state index contributed by atoms with van der Waals surface area (Å²) in [5, 5.41) is 5.02. The number of nitrogens with two attached hydrogens (primary N) is 2. The summed E-state index contributed by atoms with van der Waals surface area (Å²) in [6.07, 6.45) is 3.98. The van der Waals surface area contributed by atoms with Crippen molar-refractivity contribution in [3.8, 4) is 0 Å². The van der Waals surface area contributed by atoms with Gasteiger partial charge in [-0.3, -0.25) is 19.3 Å². The molecule has 4 rings (SSSR count). The van der Waals surface area contributed by atoms with Crippen LogP contribution in [-0.4, -0.2) is 28.1 Å². The molecule has 0 spiro atoms. The summed E-state index contributed by atoms with van der Waals surface area (Å²) in [5.74, 6) is -1.56. The Labute approximate surface area is 206 Å². The molecule has 1 aromatic carbocycles. The summed E-state index contributed by atoms with van der Waals surface area (Å²) in [6, 6.07) is 8.59. The third-order valence-corrected chi connectivity index (χ3v) is 7.66. The number of nitrogens with zero attached hydrogens (tertiary/aromatic N) is 2. The van der Waals surface area contributed by atoms with E-state index in [2.05, 4.69) is 9.69 Å². The normalized spacial score (nSPS) is 14.6. The van der Waals surface area contributed by atoms with Crippen molar-refractivity contribution in [1.29, 1.82) is 0 Å². The van der Waals surface area contributed by atoms with Crippen LogP contribution in [0.3, 0.4) is 0 Å². The standard InChI is InChI=1S/C24H27N5O3S2/c1-13-10-14(2)12-16(11-13)29(24(32)21-18(25)19(22(26)30)28-34-21)20(17-8-5-9-33-17)23(31)27-15-6-3-4-7-15/h5,8-12,15,20H,3-4,6-7,25H2,1-2H3,(H2,26,30)(H,27,31). The molecule has 1 atom stereocenters. The van der Waals surface area contributed by atoms with Crippen LogP contribution in [0.1, 0.15) is 67.9 Å². The number of anilines is 2. The largest absolute Gasteiger partial charge is 0.395 e. The topological polar surface area (TPSA) is 131 Å². The molecule has 1 aliphatic carbocycles. The van der Waals surface area contributed by atoms with Crippen LogP contribution < -0.4 is 21.7 Å². The highest BCUT2D eigenvalue weighted by molar-refractivity contribution is 7.10.